The van der Waals surface area contributed by atoms with E-state index in [0.717, 1.165) is 16.8 Å². The van der Waals surface area contributed by atoms with Gasteiger partial charge in [-0.05, 0) is 29.8 Å². The molecule has 0 aliphatic carbocycles. The lowest BCUT2D eigenvalue weighted by Gasteiger charge is -2.02. The maximum atomic E-state index is 13.1. The Morgan fingerprint density at radius 2 is 1.42 bits per heavy atom. The molecule has 0 atom stereocenters. The third kappa shape index (κ3) is 3.17. The zero-order chi connectivity index (χ0) is 17.9. The lowest BCUT2D eigenvalue weighted by Crippen LogP contribution is -2.05. The molecule has 4 aromatic rings. The first-order valence-corrected chi connectivity index (χ1v) is 8.61. The first kappa shape index (κ1) is 16.3. The van der Waals surface area contributed by atoms with Gasteiger partial charge in [0.25, 0.3) is 0 Å². The van der Waals surface area contributed by atoms with Crippen LogP contribution in [-0.4, -0.2) is 15.6 Å². The van der Waals surface area contributed by atoms with E-state index >= 15 is 0 Å². The average molecular weight is 359 g/mol. The maximum absolute atomic E-state index is 13.1. The molecule has 0 spiro atoms. The molecule has 0 N–H and O–H groups in total. The van der Waals surface area contributed by atoms with Crippen LogP contribution < -0.4 is 0 Å². The van der Waals surface area contributed by atoms with Crippen LogP contribution in [0.4, 0.5) is 0 Å². The van der Waals surface area contributed by atoms with E-state index in [2.05, 4.69) is 5.10 Å². The van der Waals surface area contributed by atoms with Gasteiger partial charge < -0.3 is 0 Å². The Kier molecular flexibility index (Phi) is 4.38. The molecular formula is C22H15ClN2O. The molecule has 0 radical (unpaired) electrons. The van der Waals surface area contributed by atoms with Crippen molar-refractivity contribution in [2.45, 2.75) is 0 Å². The number of aromatic nitrogens is 2. The molecule has 0 aliphatic heterocycles. The van der Waals surface area contributed by atoms with Crippen LogP contribution in [-0.2, 0) is 0 Å². The molecule has 0 bridgehead atoms. The van der Waals surface area contributed by atoms with E-state index in [1.807, 2.05) is 79.0 Å². The summed E-state index contributed by atoms with van der Waals surface area (Å²) in [4.78, 5) is 13.1. The van der Waals surface area contributed by atoms with E-state index in [4.69, 9.17) is 11.6 Å². The summed E-state index contributed by atoms with van der Waals surface area (Å²) in [5.41, 5.74) is 3.61. The third-order valence-corrected chi connectivity index (χ3v) is 4.39. The molecule has 0 aliphatic rings. The van der Waals surface area contributed by atoms with Crippen LogP contribution in [0.25, 0.3) is 16.8 Å². The molecular weight excluding hydrogens is 344 g/mol. The maximum Gasteiger partial charge on any atom is 0.213 e. The summed E-state index contributed by atoms with van der Waals surface area (Å²) in [6, 6.07) is 26.4. The predicted molar refractivity (Wildman–Crippen MR) is 104 cm³/mol. The Labute approximate surface area is 156 Å². The fraction of sp³-hybridized carbons (Fsp3) is 0. The van der Waals surface area contributed by atoms with Crippen LogP contribution in [0, 0.1) is 0 Å². The molecule has 1 heterocycles. The number of benzene rings is 3. The Morgan fingerprint density at radius 3 is 2.08 bits per heavy atom. The van der Waals surface area contributed by atoms with Crippen LogP contribution in [0.15, 0.2) is 91.1 Å². The quantitative estimate of drug-likeness (QED) is 0.456. The lowest BCUT2D eigenvalue weighted by atomic mass is 10.0. The third-order valence-electron chi connectivity index (χ3n) is 4.14. The molecule has 1 aromatic heterocycles. The Hall–Kier alpha value is -3.17. The molecule has 0 fully saturated rings. The molecule has 0 unspecified atom stereocenters. The monoisotopic (exact) mass is 358 g/mol. The normalized spacial score (nSPS) is 10.7. The number of rotatable bonds is 4. The van der Waals surface area contributed by atoms with E-state index in [9.17, 15) is 4.79 Å². The van der Waals surface area contributed by atoms with Crippen LogP contribution >= 0.6 is 11.6 Å². The van der Waals surface area contributed by atoms with Crippen molar-refractivity contribution in [1.82, 2.24) is 9.78 Å². The van der Waals surface area contributed by atoms with E-state index in [0.29, 0.717) is 16.3 Å². The predicted octanol–water partition coefficient (Wildman–Crippen LogP) is 5.42. The van der Waals surface area contributed by atoms with E-state index in [1.165, 1.54) is 0 Å². The summed E-state index contributed by atoms with van der Waals surface area (Å²) in [5, 5.41) is 5.24. The fourth-order valence-corrected chi connectivity index (χ4v) is 2.95. The van der Waals surface area contributed by atoms with Gasteiger partial charge in [0.2, 0.25) is 5.78 Å². The number of carbonyl (C=O) groups is 1. The highest BCUT2D eigenvalue weighted by atomic mass is 35.5. The molecule has 3 aromatic carbocycles. The highest BCUT2D eigenvalue weighted by molar-refractivity contribution is 6.30. The number of hydrogen-bond donors (Lipinski definition) is 0. The van der Waals surface area contributed by atoms with Gasteiger partial charge in [-0.1, -0.05) is 72.3 Å². The topological polar surface area (TPSA) is 34.9 Å². The summed E-state index contributed by atoms with van der Waals surface area (Å²) in [7, 11) is 0. The van der Waals surface area contributed by atoms with Crippen molar-refractivity contribution in [3.05, 3.63) is 107 Å². The van der Waals surface area contributed by atoms with Gasteiger partial charge in [0.05, 0.1) is 5.69 Å². The number of ketones is 1. The number of halogens is 1. The van der Waals surface area contributed by atoms with Crippen LogP contribution in [0.2, 0.25) is 5.02 Å². The van der Waals surface area contributed by atoms with E-state index in [1.54, 1.807) is 16.8 Å². The second kappa shape index (κ2) is 6.98. The minimum absolute atomic E-state index is 0.106. The standard InChI is InChI=1S/C22H15ClN2O/c23-18-13-11-16(12-14-18)20-15-25(19-9-5-2-6-10-19)24-21(20)22(26)17-7-3-1-4-8-17/h1-15H. The number of hydrogen-bond acceptors (Lipinski definition) is 2. The minimum Gasteiger partial charge on any atom is -0.287 e. The smallest absolute Gasteiger partial charge is 0.213 e. The largest absolute Gasteiger partial charge is 0.287 e. The van der Waals surface area contributed by atoms with Crippen molar-refractivity contribution in [3.63, 3.8) is 0 Å². The molecule has 0 saturated carbocycles. The van der Waals surface area contributed by atoms with E-state index in [-0.39, 0.29) is 5.78 Å². The summed E-state index contributed by atoms with van der Waals surface area (Å²) >= 11 is 6.01. The van der Waals surface area contributed by atoms with Crippen molar-refractivity contribution >= 4 is 17.4 Å². The van der Waals surface area contributed by atoms with Gasteiger partial charge in [0, 0.05) is 22.3 Å². The summed E-state index contributed by atoms with van der Waals surface area (Å²) in [6.45, 7) is 0. The number of para-hydroxylation sites is 1. The van der Waals surface area contributed by atoms with Gasteiger partial charge in [-0.3, -0.25) is 4.79 Å². The highest BCUT2D eigenvalue weighted by Crippen LogP contribution is 2.27. The first-order chi connectivity index (χ1) is 12.7. The molecule has 0 saturated heterocycles. The van der Waals surface area contributed by atoms with Crippen molar-refractivity contribution in [3.8, 4) is 16.8 Å². The van der Waals surface area contributed by atoms with Crippen molar-refractivity contribution < 1.29 is 4.79 Å². The molecule has 0 amide bonds. The molecule has 126 valence electrons. The number of carbonyl (C=O) groups excluding carboxylic acids is 1. The van der Waals surface area contributed by atoms with Crippen LogP contribution in [0.3, 0.4) is 0 Å². The SMILES string of the molecule is O=C(c1ccccc1)c1nn(-c2ccccc2)cc1-c1ccc(Cl)cc1. The van der Waals surface area contributed by atoms with Gasteiger partial charge in [-0.25, -0.2) is 4.68 Å². The van der Waals surface area contributed by atoms with Gasteiger partial charge in [0.1, 0.15) is 5.69 Å². The zero-order valence-corrected chi connectivity index (χ0v) is 14.6. The van der Waals surface area contributed by atoms with Gasteiger partial charge in [-0.15, -0.1) is 0 Å². The highest BCUT2D eigenvalue weighted by Gasteiger charge is 2.20. The zero-order valence-electron chi connectivity index (χ0n) is 13.8. The van der Waals surface area contributed by atoms with Gasteiger partial charge >= 0.3 is 0 Å². The Balaban J connectivity index is 1.87. The van der Waals surface area contributed by atoms with E-state index < -0.39 is 0 Å². The van der Waals surface area contributed by atoms with Crippen LogP contribution in [0.1, 0.15) is 16.1 Å². The second-order valence-corrected chi connectivity index (χ2v) is 6.31. The average Bonchev–Trinajstić information content (AvgIpc) is 3.15. The van der Waals surface area contributed by atoms with Crippen molar-refractivity contribution in [1.29, 1.82) is 0 Å². The van der Waals surface area contributed by atoms with Gasteiger partial charge in [0.15, 0.2) is 0 Å². The summed E-state index contributed by atoms with van der Waals surface area (Å²) < 4.78 is 1.74. The van der Waals surface area contributed by atoms with Crippen LogP contribution in [0.5, 0.6) is 0 Å². The Bertz CT molecular complexity index is 1040. The minimum atomic E-state index is -0.106. The molecule has 4 rings (SSSR count). The molecule has 3 nitrogen and oxygen atoms in total. The van der Waals surface area contributed by atoms with Crippen molar-refractivity contribution in [2.75, 3.05) is 0 Å². The Morgan fingerprint density at radius 1 is 0.808 bits per heavy atom. The van der Waals surface area contributed by atoms with Crippen molar-refractivity contribution in [2.24, 2.45) is 0 Å². The lowest BCUT2D eigenvalue weighted by molar-refractivity contribution is 0.103. The van der Waals surface area contributed by atoms with Gasteiger partial charge in [-0.2, -0.15) is 5.10 Å². The molecule has 4 heteroatoms. The number of nitrogens with zero attached hydrogens (tertiary/aromatic N) is 2. The second-order valence-electron chi connectivity index (χ2n) is 5.87. The fourth-order valence-electron chi connectivity index (χ4n) is 2.82. The molecule has 26 heavy (non-hydrogen) atoms. The first-order valence-electron chi connectivity index (χ1n) is 8.23. The summed E-state index contributed by atoms with van der Waals surface area (Å²) in [5.74, 6) is -0.106. The summed E-state index contributed by atoms with van der Waals surface area (Å²) in [6.07, 6.45) is 1.88.